The normalized spacial score (nSPS) is 13.2. The largest absolute Gasteiger partial charge is 0.416 e. The molecule has 0 saturated heterocycles. The van der Waals surface area contributed by atoms with E-state index in [9.17, 15) is 18.0 Å². The molecule has 124 valence electrons. The third-order valence-corrected chi connectivity index (χ3v) is 3.58. The summed E-state index contributed by atoms with van der Waals surface area (Å²) in [6.07, 6.45) is -4.44. The van der Waals surface area contributed by atoms with Gasteiger partial charge in [0.25, 0.3) is 5.91 Å². The van der Waals surface area contributed by atoms with E-state index in [1.54, 1.807) is 0 Å². The van der Waals surface area contributed by atoms with Crippen molar-refractivity contribution in [3.63, 3.8) is 0 Å². The Labute approximate surface area is 131 Å². The van der Waals surface area contributed by atoms with Crippen molar-refractivity contribution in [1.29, 1.82) is 0 Å². The van der Waals surface area contributed by atoms with Crippen molar-refractivity contribution in [2.24, 2.45) is 5.92 Å². The fourth-order valence-electron chi connectivity index (χ4n) is 1.81. The second-order valence-electron chi connectivity index (χ2n) is 5.66. The molecule has 0 aliphatic carbocycles. The van der Waals surface area contributed by atoms with Gasteiger partial charge in [-0.05, 0) is 25.0 Å². The lowest BCUT2D eigenvalue weighted by Crippen LogP contribution is -2.36. The Morgan fingerprint density at radius 3 is 2.52 bits per heavy atom. The van der Waals surface area contributed by atoms with Crippen LogP contribution in [0.25, 0.3) is 11.3 Å². The fraction of sp³-hybridized carbons (Fsp3) is 0.375. The van der Waals surface area contributed by atoms with E-state index in [-0.39, 0.29) is 29.0 Å². The van der Waals surface area contributed by atoms with E-state index in [1.165, 1.54) is 18.2 Å². The van der Waals surface area contributed by atoms with Crippen LogP contribution in [0.1, 0.15) is 36.8 Å². The molecule has 0 saturated carbocycles. The maximum Gasteiger partial charge on any atom is 0.416 e. The van der Waals surface area contributed by atoms with Crippen LogP contribution < -0.4 is 5.32 Å². The monoisotopic (exact) mass is 326 g/mol. The topological polar surface area (TPSA) is 55.1 Å². The molecule has 1 N–H and O–H groups in total. The average Bonchev–Trinajstić information content (AvgIpc) is 2.96. The molecule has 0 aliphatic rings. The molecule has 4 nitrogen and oxygen atoms in total. The lowest BCUT2D eigenvalue weighted by atomic mass is 10.1. The summed E-state index contributed by atoms with van der Waals surface area (Å²) in [5, 5.41) is 6.38. The van der Waals surface area contributed by atoms with Gasteiger partial charge in [-0.2, -0.15) is 13.2 Å². The number of nitrogens with one attached hydrogen (secondary N) is 1. The first-order valence-corrected chi connectivity index (χ1v) is 7.13. The van der Waals surface area contributed by atoms with Gasteiger partial charge in [0.05, 0.1) is 5.56 Å². The molecule has 1 aromatic carbocycles. The number of carbonyl (C=O) groups is 1. The number of alkyl halides is 3. The van der Waals surface area contributed by atoms with Crippen LogP contribution >= 0.6 is 0 Å². The van der Waals surface area contributed by atoms with Crippen molar-refractivity contribution in [2.45, 2.75) is 33.0 Å². The van der Waals surface area contributed by atoms with Gasteiger partial charge in [0.15, 0.2) is 11.5 Å². The third-order valence-electron chi connectivity index (χ3n) is 3.58. The zero-order chi connectivity index (χ0) is 17.2. The van der Waals surface area contributed by atoms with Crippen molar-refractivity contribution in [1.82, 2.24) is 10.5 Å². The first-order valence-electron chi connectivity index (χ1n) is 7.13. The van der Waals surface area contributed by atoms with Crippen molar-refractivity contribution >= 4 is 5.91 Å². The lowest BCUT2D eigenvalue weighted by Gasteiger charge is -2.16. The molecule has 1 heterocycles. The number of aromatic nitrogens is 1. The highest BCUT2D eigenvalue weighted by Crippen LogP contribution is 2.32. The Morgan fingerprint density at radius 2 is 1.91 bits per heavy atom. The van der Waals surface area contributed by atoms with Gasteiger partial charge in [-0.25, -0.2) is 0 Å². The van der Waals surface area contributed by atoms with E-state index in [0.29, 0.717) is 0 Å². The number of hydrogen-bond acceptors (Lipinski definition) is 3. The number of amides is 1. The minimum atomic E-state index is -4.44. The Morgan fingerprint density at radius 1 is 1.22 bits per heavy atom. The first-order chi connectivity index (χ1) is 10.7. The molecule has 1 unspecified atom stereocenters. The second kappa shape index (κ2) is 6.44. The second-order valence-corrected chi connectivity index (χ2v) is 5.66. The highest BCUT2D eigenvalue weighted by molar-refractivity contribution is 5.93. The summed E-state index contributed by atoms with van der Waals surface area (Å²) >= 11 is 0. The zero-order valence-electron chi connectivity index (χ0n) is 12.9. The Balaban J connectivity index is 2.21. The third kappa shape index (κ3) is 4.12. The van der Waals surface area contributed by atoms with Crippen LogP contribution in [0.15, 0.2) is 34.9 Å². The van der Waals surface area contributed by atoms with Gasteiger partial charge in [0.1, 0.15) is 0 Å². The van der Waals surface area contributed by atoms with Gasteiger partial charge in [-0.15, -0.1) is 0 Å². The number of halogens is 3. The van der Waals surface area contributed by atoms with Crippen LogP contribution in [0, 0.1) is 5.92 Å². The predicted octanol–water partition coefficient (Wildman–Crippen LogP) is 4.13. The van der Waals surface area contributed by atoms with Gasteiger partial charge in [0, 0.05) is 17.7 Å². The lowest BCUT2D eigenvalue weighted by molar-refractivity contribution is -0.137. The maximum absolute atomic E-state index is 12.7. The summed E-state index contributed by atoms with van der Waals surface area (Å²) in [5.41, 5.74) is -0.543. The molecule has 0 bridgehead atoms. The minimum Gasteiger partial charge on any atom is -0.355 e. The highest BCUT2D eigenvalue weighted by atomic mass is 19.4. The van der Waals surface area contributed by atoms with E-state index in [2.05, 4.69) is 10.5 Å². The molecular formula is C16H17F3N2O2. The van der Waals surface area contributed by atoms with Crippen molar-refractivity contribution in [3.05, 3.63) is 41.6 Å². The predicted molar refractivity (Wildman–Crippen MR) is 78.7 cm³/mol. The summed E-state index contributed by atoms with van der Waals surface area (Å²) in [6.45, 7) is 5.78. The SMILES string of the molecule is CC(C)C(C)NC(=O)c1cc(-c2cccc(C(F)(F)F)c2)on1. The van der Waals surface area contributed by atoms with E-state index in [1.807, 2.05) is 20.8 Å². The average molecular weight is 326 g/mol. The van der Waals surface area contributed by atoms with E-state index in [4.69, 9.17) is 4.52 Å². The molecule has 0 radical (unpaired) electrons. The minimum absolute atomic E-state index is 0.0323. The first kappa shape index (κ1) is 17.1. The van der Waals surface area contributed by atoms with Crippen LogP contribution in [0.3, 0.4) is 0 Å². The number of rotatable bonds is 4. The summed E-state index contributed by atoms with van der Waals surface area (Å²) in [7, 11) is 0. The van der Waals surface area contributed by atoms with Gasteiger partial charge in [-0.1, -0.05) is 31.1 Å². The summed E-state index contributed by atoms with van der Waals surface area (Å²) < 4.78 is 43.2. The van der Waals surface area contributed by atoms with Gasteiger partial charge in [0.2, 0.25) is 0 Å². The molecular weight excluding hydrogens is 309 g/mol. The van der Waals surface area contributed by atoms with Crippen molar-refractivity contribution in [3.8, 4) is 11.3 Å². The quantitative estimate of drug-likeness (QED) is 0.919. The standard InChI is InChI=1S/C16H17F3N2O2/c1-9(2)10(3)20-15(22)13-8-14(23-21-13)11-5-4-6-12(7-11)16(17,18)19/h4-10H,1-3H3,(H,20,22). The molecule has 2 rings (SSSR count). The molecule has 0 spiro atoms. The Kier molecular flexibility index (Phi) is 4.77. The van der Waals surface area contributed by atoms with Crippen LogP contribution in [-0.2, 0) is 6.18 Å². The Bertz CT molecular complexity index is 693. The molecule has 0 fully saturated rings. The van der Waals surface area contributed by atoms with E-state index < -0.39 is 17.6 Å². The smallest absolute Gasteiger partial charge is 0.355 e. The van der Waals surface area contributed by atoms with Crippen molar-refractivity contribution in [2.75, 3.05) is 0 Å². The Hall–Kier alpha value is -2.31. The van der Waals surface area contributed by atoms with E-state index >= 15 is 0 Å². The summed E-state index contributed by atoms with van der Waals surface area (Å²) in [4.78, 5) is 12.0. The van der Waals surface area contributed by atoms with Crippen LogP contribution in [0.2, 0.25) is 0 Å². The van der Waals surface area contributed by atoms with Crippen molar-refractivity contribution < 1.29 is 22.5 Å². The summed E-state index contributed by atoms with van der Waals surface area (Å²) in [5.74, 6) is -0.0691. The molecule has 0 aliphatic heterocycles. The van der Waals surface area contributed by atoms with Crippen LogP contribution in [0.4, 0.5) is 13.2 Å². The molecule has 2 aromatic rings. The highest BCUT2D eigenvalue weighted by Gasteiger charge is 2.30. The van der Waals surface area contributed by atoms with Crippen LogP contribution in [0.5, 0.6) is 0 Å². The van der Waals surface area contributed by atoms with E-state index in [0.717, 1.165) is 12.1 Å². The number of nitrogens with zero attached hydrogens (tertiary/aromatic N) is 1. The number of benzene rings is 1. The van der Waals surface area contributed by atoms with Gasteiger partial charge in [-0.3, -0.25) is 4.79 Å². The maximum atomic E-state index is 12.7. The molecule has 23 heavy (non-hydrogen) atoms. The molecule has 7 heteroatoms. The zero-order valence-corrected chi connectivity index (χ0v) is 12.9. The molecule has 1 atom stereocenters. The van der Waals surface area contributed by atoms with Gasteiger partial charge >= 0.3 is 6.18 Å². The van der Waals surface area contributed by atoms with Crippen LogP contribution in [-0.4, -0.2) is 17.1 Å². The van der Waals surface area contributed by atoms with Gasteiger partial charge < -0.3 is 9.84 Å². The molecule has 1 amide bonds. The molecule has 1 aromatic heterocycles. The summed E-state index contributed by atoms with van der Waals surface area (Å²) in [6, 6.07) is 5.94. The number of carbonyl (C=O) groups excluding carboxylic acids is 1. The number of hydrogen-bond donors (Lipinski definition) is 1. The fourth-order valence-corrected chi connectivity index (χ4v) is 1.81.